The number of piperidine rings is 1. The van der Waals surface area contributed by atoms with E-state index in [-0.39, 0.29) is 23.8 Å². The zero-order valence-electron chi connectivity index (χ0n) is 19.9. The van der Waals surface area contributed by atoms with Gasteiger partial charge in [-0.15, -0.1) is 0 Å². The van der Waals surface area contributed by atoms with E-state index in [1.165, 1.54) is 25.3 Å². The molecule has 2 fully saturated rings. The minimum Gasteiger partial charge on any atom is -0.495 e. The lowest BCUT2D eigenvalue weighted by atomic mass is 9.71. The van der Waals surface area contributed by atoms with Crippen molar-refractivity contribution in [3.05, 3.63) is 24.2 Å². The van der Waals surface area contributed by atoms with Crippen LogP contribution in [0.3, 0.4) is 0 Å². The number of hydrogen-bond donors (Lipinski definition) is 0. The topological polar surface area (TPSA) is 83.5 Å². The summed E-state index contributed by atoms with van der Waals surface area (Å²) in [6, 6.07) is 0. The molecule has 0 N–H and O–H groups in total. The highest BCUT2D eigenvalue weighted by atomic mass is 16.6. The second kappa shape index (κ2) is 11.0. The summed E-state index contributed by atoms with van der Waals surface area (Å²) >= 11 is 0. The summed E-state index contributed by atoms with van der Waals surface area (Å²) in [5.74, 6) is -0.672. The van der Waals surface area contributed by atoms with Crippen molar-refractivity contribution in [2.45, 2.75) is 76.5 Å². The fourth-order valence-corrected chi connectivity index (χ4v) is 5.54. The van der Waals surface area contributed by atoms with Crippen LogP contribution in [0.15, 0.2) is 24.2 Å². The van der Waals surface area contributed by atoms with Crippen LogP contribution in [-0.2, 0) is 33.3 Å². The van der Waals surface area contributed by atoms with Gasteiger partial charge in [-0.1, -0.05) is 19.8 Å². The summed E-state index contributed by atoms with van der Waals surface area (Å²) in [5.41, 5.74) is 0. The van der Waals surface area contributed by atoms with Crippen LogP contribution in [0.25, 0.3) is 0 Å². The Morgan fingerprint density at radius 2 is 2.00 bits per heavy atom. The molecular formula is C25H37NO7. The SMILES string of the molecule is CCCC(OC1C2C=COC2C(OC)C2OC(C)=CC(=O)C12)C(=O)OCCN1CCCCC1. The van der Waals surface area contributed by atoms with E-state index in [4.69, 9.17) is 23.7 Å². The molecule has 0 bridgehead atoms. The number of fused-ring (bicyclic) bond motifs is 2. The number of esters is 1. The molecule has 1 saturated heterocycles. The van der Waals surface area contributed by atoms with Gasteiger partial charge in [-0.25, -0.2) is 4.79 Å². The largest absolute Gasteiger partial charge is 0.495 e. The standard InChI is InChI=1S/C25H37NO7/c1-4-8-19(25(28)31-14-12-26-10-6-5-7-11-26)33-21-17-9-13-30-22(17)24(29-3)23-20(21)18(27)15-16(2)32-23/h9,13,15,17,19-24H,4-8,10-12,14H2,1-3H3. The summed E-state index contributed by atoms with van der Waals surface area (Å²) in [7, 11) is 1.60. The van der Waals surface area contributed by atoms with Gasteiger partial charge in [0.1, 0.15) is 24.9 Å². The Hall–Kier alpha value is -1.90. The third kappa shape index (κ3) is 5.28. The fourth-order valence-electron chi connectivity index (χ4n) is 5.54. The summed E-state index contributed by atoms with van der Waals surface area (Å²) < 4.78 is 29.6. The van der Waals surface area contributed by atoms with Gasteiger partial charge in [-0.3, -0.25) is 9.69 Å². The normalized spacial score (nSPS) is 34.5. The lowest BCUT2D eigenvalue weighted by molar-refractivity contribution is -0.210. The maximum absolute atomic E-state index is 13.1. The maximum Gasteiger partial charge on any atom is 0.335 e. The third-order valence-corrected chi connectivity index (χ3v) is 7.15. The maximum atomic E-state index is 13.1. The van der Waals surface area contributed by atoms with E-state index in [0.717, 1.165) is 26.1 Å². The van der Waals surface area contributed by atoms with Crippen LogP contribution >= 0.6 is 0 Å². The second-order valence-electron chi connectivity index (χ2n) is 9.42. The van der Waals surface area contributed by atoms with Gasteiger partial charge in [0.2, 0.25) is 0 Å². The number of allylic oxidation sites excluding steroid dienone is 2. The number of carbonyl (C=O) groups excluding carboxylic acids is 2. The Kier molecular flexibility index (Phi) is 8.09. The Morgan fingerprint density at radius 3 is 2.73 bits per heavy atom. The molecule has 8 nitrogen and oxygen atoms in total. The molecule has 0 radical (unpaired) electrons. The van der Waals surface area contributed by atoms with Crippen molar-refractivity contribution in [1.29, 1.82) is 0 Å². The highest BCUT2D eigenvalue weighted by Gasteiger charge is 2.58. The molecule has 3 aliphatic heterocycles. The monoisotopic (exact) mass is 463 g/mol. The number of methoxy groups -OCH3 is 1. The van der Waals surface area contributed by atoms with Crippen LogP contribution in [0.5, 0.6) is 0 Å². The lowest BCUT2D eigenvalue weighted by Crippen LogP contribution is -2.62. The number of carbonyl (C=O) groups is 2. The van der Waals surface area contributed by atoms with Gasteiger partial charge in [0, 0.05) is 25.6 Å². The van der Waals surface area contributed by atoms with Crippen molar-refractivity contribution in [3.63, 3.8) is 0 Å². The first-order valence-corrected chi connectivity index (χ1v) is 12.3. The molecule has 1 aliphatic carbocycles. The van der Waals surface area contributed by atoms with Crippen molar-refractivity contribution in [1.82, 2.24) is 4.90 Å². The van der Waals surface area contributed by atoms with Crippen molar-refractivity contribution in [3.8, 4) is 0 Å². The Bertz CT molecular complexity index is 760. The molecule has 0 aromatic heterocycles. The molecule has 0 aromatic carbocycles. The summed E-state index contributed by atoms with van der Waals surface area (Å²) in [5, 5.41) is 0. The van der Waals surface area contributed by atoms with Gasteiger partial charge >= 0.3 is 5.97 Å². The van der Waals surface area contributed by atoms with Gasteiger partial charge in [0.25, 0.3) is 0 Å². The van der Waals surface area contributed by atoms with Crippen LogP contribution in [0.2, 0.25) is 0 Å². The van der Waals surface area contributed by atoms with E-state index in [0.29, 0.717) is 18.8 Å². The number of hydrogen-bond acceptors (Lipinski definition) is 8. The molecule has 0 amide bonds. The number of nitrogens with zero attached hydrogens (tertiary/aromatic N) is 1. The van der Waals surface area contributed by atoms with Gasteiger partial charge in [-0.2, -0.15) is 0 Å². The average Bonchev–Trinajstić information content (AvgIpc) is 3.28. The molecule has 7 unspecified atom stereocenters. The first-order valence-electron chi connectivity index (χ1n) is 12.3. The van der Waals surface area contributed by atoms with Crippen LogP contribution in [0.1, 0.15) is 46.0 Å². The first kappa shape index (κ1) is 24.2. The highest BCUT2D eigenvalue weighted by Crippen LogP contribution is 2.44. The average molecular weight is 464 g/mol. The predicted molar refractivity (Wildman–Crippen MR) is 120 cm³/mol. The van der Waals surface area contributed by atoms with Crippen molar-refractivity contribution in [2.75, 3.05) is 33.4 Å². The Morgan fingerprint density at radius 1 is 1.21 bits per heavy atom. The number of ketones is 1. The molecule has 7 atom stereocenters. The van der Waals surface area contributed by atoms with Crippen molar-refractivity contribution >= 4 is 11.8 Å². The van der Waals surface area contributed by atoms with Crippen molar-refractivity contribution in [2.24, 2.45) is 11.8 Å². The van der Waals surface area contributed by atoms with E-state index in [1.807, 2.05) is 13.0 Å². The smallest absolute Gasteiger partial charge is 0.335 e. The Labute approximate surface area is 196 Å². The minimum absolute atomic E-state index is 0.0664. The second-order valence-corrected chi connectivity index (χ2v) is 9.42. The number of rotatable bonds is 9. The van der Waals surface area contributed by atoms with Crippen molar-refractivity contribution < 1.29 is 33.3 Å². The van der Waals surface area contributed by atoms with E-state index in [9.17, 15) is 9.59 Å². The van der Waals surface area contributed by atoms with Gasteiger partial charge in [0.05, 0.1) is 24.0 Å². The van der Waals surface area contributed by atoms with E-state index >= 15 is 0 Å². The van der Waals surface area contributed by atoms with E-state index in [1.54, 1.807) is 20.3 Å². The molecule has 1 saturated carbocycles. The first-order chi connectivity index (χ1) is 16.0. The summed E-state index contributed by atoms with van der Waals surface area (Å²) in [6.07, 6.45) is 7.42. The predicted octanol–water partition coefficient (Wildman–Crippen LogP) is 2.61. The Balaban J connectivity index is 1.46. The third-order valence-electron chi connectivity index (χ3n) is 7.15. The summed E-state index contributed by atoms with van der Waals surface area (Å²) in [4.78, 5) is 28.4. The number of likely N-dealkylation sites (tertiary alicyclic amines) is 1. The van der Waals surface area contributed by atoms with E-state index in [2.05, 4.69) is 4.90 Å². The summed E-state index contributed by atoms with van der Waals surface area (Å²) in [6.45, 7) is 6.97. The van der Waals surface area contributed by atoms with Crippen LogP contribution < -0.4 is 0 Å². The van der Waals surface area contributed by atoms with Crippen LogP contribution in [0.4, 0.5) is 0 Å². The molecule has 0 spiro atoms. The minimum atomic E-state index is -0.740. The van der Waals surface area contributed by atoms with Crippen LogP contribution in [-0.4, -0.2) is 80.5 Å². The highest BCUT2D eigenvalue weighted by molar-refractivity contribution is 5.94. The molecule has 4 rings (SSSR count). The van der Waals surface area contributed by atoms with Gasteiger partial charge in [0.15, 0.2) is 11.9 Å². The molecule has 4 aliphatic rings. The van der Waals surface area contributed by atoms with E-state index < -0.39 is 30.3 Å². The van der Waals surface area contributed by atoms with Gasteiger partial charge < -0.3 is 23.7 Å². The molecule has 8 heteroatoms. The molecular weight excluding hydrogens is 426 g/mol. The zero-order valence-corrected chi connectivity index (χ0v) is 19.9. The molecule has 184 valence electrons. The molecule has 0 aromatic rings. The molecule has 3 heterocycles. The van der Waals surface area contributed by atoms with Gasteiger partial charge in [-0.05, 0) is 45.4 Å². The van der Waals surface area contributed by atoms with Crippen LogP contribution in [0, 0.1) is 11.8 Å². The number of ether oxygens (including phenoxy) is 5. The molecule has 33 heavy (non-hydrogen) atoms. The quantitative estimate of drug-likeness (QED) is 0.483. The fraction of sp³-hybridized carbons (Fsp3) is 0.760. The zero-order chi connectivity index (χ0) is 23.4. The lowest BCUT2D eigenvalue weighted by Gasteiger charge is -2.48.